The maximum absolute atomic E-state index is 12.7. The van der Waals surface area contributed by atoms with E-state index < -0.39 is 16.1 Å². The van der Waals surface area contributed by atoms with Gasteiger partial charge in [0.2, 0.25) is 15.9 Å². The van der Waals surface area contributed by atoms with E-state index in [0.29, 0.717) is 26.1 Å². The van der Waals surface area contributed by atoms with Crippen LogP contribution in [0.4, 0.5) is 0 Å². The van der Waals surface area contributed by atoms with Gasteiger partial charge in [0.1, 0.15) is 6.04 Å². The SMILES string of the molecule is CS(=O)(=O)N1CCCC1C(=O)N1CCN(Cc2ccc(Cl)cc2)CC1. The highest BCUT2D eigenvalue weighted by molar-refractivity contribution is 7.88. The van der Waals surface area contributed by atoms with Crippen molar-refractivity contribution in [1.82, 2.24) is 14.1 Å². The van der Waals surface area contributed by atoms with Crippen LogP contribution in [0.1, 0.15) is 18.4 Å². The van der Waals surface area contributed by atoms with Gasteiger partial charge in [-0.3, -0.25) is 9.69 Å². The van der Waals surface area contributed by atoms with E-state index in [1.165, 1.54) is 16.1 Å². The standard InChI is InChI=1S/C17H24ClN3O3S/c1-25(23,24)21-8-2-3-16(21)17(22)20-11-9-19(10-12-20)13-14-4-6-15(18)7-5-14/h4-7,16H,2-3,8-13H2,1H3. The fraction of sp³-hybridized carbons (Fsp3) is 0.588. The summed E-state index contributed by atoms with van der Waals surface area (Å²) >= 11 is 5.91. The molecule has 138 valence electrons. The summed E-state index contributed by atoms with van der Waals surface area (Å²) in [5.41, 5.74) is 1.20. The number of carbonyl (C=O) groups excluding carboxylic acids is 1. The number of amides is 1. The number of benzene rings is 1. The molecule has 0 spiro atoms. The highest BCUT2D eigenvalue weighted by Crippen LogP contribution is 2.23. The van der Waals surface area contributed by atoms with Gasteiger partial charge in [-0.1, -0.05) is 23.7 Å². The Bertz CT molecular complexity index is 715. The molecule has 25 heavy (non-hydrogen) atoms. The zero-order valence-electron chi connectivity index (χ0n) is 14.4. The number of piperazine rings is 1. The molecule has 3 rings (SSSR count). The van der Waals surface area contributed by atoms with Gasteiger partial charge in [0.25, 0.3) is 0 Å². The van der Waals surface area contributed by atoms with Gasteiger partial charge < -0.3 is 4.90 Å². The lowest BCUT2D eigenvalue weighted by molar-refractivity contribution is -0.136. The lowest BCUT2D eigenvalue weighted by atomic mass is 10.1. The fourth-order valence-corrected chi connectivity index (χ4v) is 4.81. The van der Waals surface area contributed by atoms with Crippen LogP contribution in [0, 0.1) is 0 Å². The van der Waals surface area contributed by atoms with Gasteiger partial charge in [-0.05, 0) is 30.5 Å². The number of hydrogen-bond donors (Lipinski definition) is 0. The van der Waals surface area contributed by atoms with Gasteiger partial charge in [-0.15, -0.1) is 0 Å². The molecule has 0 aliphatic carbocycles. The molecule has 1 aromatic rings. The third-order valence-electron chi connectivity index (χ3n) is 4.92. The minimum Gasteiger partial charge on any atom is -0.339 e. The topological polar surface area (TPSA) is 60.9 Å². The van der Waals surface area contributed by atoms with Crippen molar-refractivity contribution in [1.29, 1.82) is 0 Å². The minimum absolute atomic E-state index is 0.0472. The van der Waals surface area contributed by atoms with Crippen molar-refractivity contribution in [2.45, 2.75) is 25.4 Å². The van der Waals surface area contributed by atoms with Gasteiger partial charge in [-0.25, -0.2) is 8.42 Å². The Kier molecular flexibility index (Phi) is 5.68. The number of hydrogen-bond acceptors (Lipinski definition) is 4. The highest BCUT2D eigenvalue weighted by Gasteiger charge is 2.39. The van der Waals surface area contributed by atoms with Crippen LogP contribution in [0.25, 0.3) is 0 Å². The molecular weight excluding hydrogens is 362 g/mol. The van der Waals surface area contributed by atoms with Crippen LogP contribution in [0.5, 0.6) is 0 Å². The van der Waals surface area contributed by atoms with E-state index in [2.05, 4.69) is 4.90 Å². The smallest absolute Gasteiger partial charge is 0.241 e. The van der Waals surface area contributed by atoms with E-state index >= 15 is 0 Å². The fourth-order valence-electron chi connectivity index (χ4n) is 3.57. The van der Waals surface area contributed by atoms with Crippen molar-refractivity contribution in [3.05, 3.63) is 34.9 Å². The van der Waals surface area contributed by atoms with Crippen molar-refractivity contribution >= 4 is 27.5 Å². The zero-order chi connectivity index (χ0) is 18.0. The minimum atomic E-state index is -3.33. The third-order valence-corrected chi connectivity index (χ3v) is 6.46. The molecule has 0 saturated carbocycles. The van der Waals surface area contributed by atoms with E-state index in [0.717, 1.165) is 31.1 Å². The van der Waals surface area contributed by atoms with Crippen molar-refractivity contribution in [2.24, 2.45) is 0 Å². The third kappa shape index (κ3) is 4.53. The van der Waals surface area contributed by atoms with Crippen LogP contribution in [0.3, 0.4) is 0 Å². The van der Waals surface area contributed by atoms with Crippen molar-refractivity contribution in [3.8, 4) is 0 Å². The van der Waals surface area contributed by atoms with Gasteiger partial charge in [0, 0.05) is 44.3 Å². The average Bonchev–Trinajstić information content (AvgIpc) is 3.07. The molecule has 1 aromatic carbocycles. The van der Waals surface area contributed by atoms with Gasteiger partial charge in [-0.2, -0.15) is 4.31 Å². The summed E-state index contributed by atoms with van der Waals surface area (Å²) in [6.45, 7) is 4.14. The average molecular weight is 386 g/mol. The predicted octanol–water partition coefficient (Wildman–Crippen LogP) is 1.41. The van der Waals surface area contributed by atoms with Crippen LogP contribution >= 0.6 is 11.6 Å². The van der Waals surface area contributed by atoms with Crippen LogP contribution in [-0.4, -0.2) is 73.5 Å². The molecule has 1 unspecified atom stereocenters. The number of sulfonamides is 1. The lowest BCUT2D eigenvalue weighted by Crippen LogP contribution is -2.54. The largest absolute Gasteiger partial charge is 0.339 e. The quantitative estimate of drug-likeness (QED) is 0.786. The first-order valence-electron chi connectivity index (χ1n) is 8.57. The van der Waals surface area contributed by atoms with E-state index in [9.17, 15) is 13.2 Å². The van der Waals surface area contributed by atoms with E-state index in [1.54, 1.807) is 0 Å². The molecule has 0 aromatic heterocycles. The molecule has 0 bridgehead atoms. The summed E-state index contributed by atoms with van der Waals surface area (Å²) in [7, 11) is -3.33. The molecule has 2 aliphatic rings. The van der Waals surface area contributed by atoms with Crippen molar-refractivity contribution in [3.63, 3.8) is 0 Å². The maximum atomic E-state index is 12.7. The Morgan fingerprint density at radius 3 is 2.36 bits per heavy atom. The van der Waals surface area contributed by atoms with Crippen molar-refractivity contribution < 1.29 is 13.2 Å². The van der Waals surface area contributed by atoms with E-state index in [-0.39, 0.29) is 5.91 Å². The first-order chi connectivity index (χ1) is 11.8. The Morgan fingerprint density at radius 1 is 1.12 bits per heavy atom. The Morgan fingerprint density at radius 2 is 1.76 bits per heavy atom. The normalized spacial score (nSPS) is 23.1. The van der Waals surface area contributed by atoms with E-state index in [4.69, 9.17) is 11.6 Å². The number of rotatable bonds is 4. The second-order valence-corrected chi connectivity index (χ2v) is 9.13. The molecule has 2 heterocycles. The van der Waals surface area contributed by atoms with Crippen LogP contribution in [-0.2, 0) is 21.4 Å². The molecule has 0 N–H and O–H groups in total. The molecule has 8 heteroatoms. The molecule has 0 radical (unpaired) electrons. The first kappa shape index (κ1) is 18.6. The number of carbonyl (C=O) groups is 1. The summed E-state index contributed by atoms with van der Waals surface area (Å²) < 4.78 is 25.1. The van der Waals surface area contributed by atoms with Gasteiger partial charge in [0.05, 0.1) is 6.26 Å². The highest BCUT2D eigenvalue weighted by atomic mass is 35.5. The predicted molar refractivity (Wildman–Crippen MR) is 97.9 cm³/mol. The van der Waals surface area contributed by atoms with Crippen LogP contribution < -0.4 is 0 Å². The second kappa shape index (κ2) is 7.61. The van der Waals surface area contributed by atoms with Gasteiger partial charge >= 0.3 is 0 Å². The number of nitrogens with zero attached hydrogens (tertiary/aromatic N) is 3. The molecule has 2 saturated heterocycles. The first-order valence-corrected chi connectivity index (χ1v) is 10.8. The Balaban J connectivity index is 1.55. The molecule has 2 aliphatic heterocycles. The summed E-state index contributed by atoms with van der Waals surface area (Å²) in [5, 5.41) is 0.728. The van der Waals surface area contributed by atoms with Crippen molar-refractivity contribution in [2.75, 3.05) is 39.0 Å². The maximum Gasteiger partial charge on any atom is 0.241 e. The molecule has 1 atom stereocenters. The molecule has 2 fully saturated rings. The summed E-state index contributed by atoms with van der Waals surface area (Å²) in [6, 6.07) is 7.29. The van der Waals surface area contributed by atoms with Crippen LogP contribution in [0.15, 0.2) is 24.3 Å². The zero-order valence-corrected chi connectivity index (χ0v) is 16.0. The second-order valence-electron chi connectivity index (χ2n) is 6.76. The van der Waals surface area contributed by atoms with Gasteiger partial charge in [0.15, 0.2) is 0 Å². The monoisotopic (exact) mass is 385 g/mol. The van der Waals surface area contributed by atoms with E-state index in [1.807, 2.05) is 29.2 Å². The molecule has 6 nitrogen and oxygen atoms in total. The molecule has 1 amide bonds. The summed E-state index contributed by atoms with van der Waals surface area (Å²) in [6.07, 6.45) is 2.56. The summed E-state index contributed by atoms with van der Waals surface area (Å²) in [5.74, 6) is -0.0472. The Hall–Kier alpha value is -1.15. The Labute approximate surface area is 154 Å². The summed E-state index contributed by atoms with van der Waals surface area (Å²) in [4.78, 5) is 16.9. The number of halogens is 1. The van der Waals surface area contributed by atoms with Crippen LogP contribution in [0.2, 0.25) is 5.02 Å². The molecular formula is C17H24ClN3O3S. The lowest BCUT2D eigenvalue weighted by Gasteiger charge is -2.37.